The normalized spacial score (nSPS) is 11.0. The summed E-state index contributed by atoms with van der Waals surface area (Å²) in [5, 5.41) is 3.27. The van der Waals surface area contributed by atoms with Gasteiger partial charge in [-0.3, -0.25) is 0 Å². The number of ether oxygens (including phenoxy) is 4. The fraction of sp³-hybridized carbons (Fsp3) is 1.00. The quantitative estimate of drug-likeness (QED) is 0.357. The molecule has 0 saturated carbocycles. The summed E-state index contributed by atoms with van der Waals surface area (Å²) < 4.78 is 20.7. The molecule has 0 aliphatic carbocycles. The summed E-state index contributed by atoms with van der Waals surface area (Å²) in [6.07, 6.45) is 0.997. The first kappa shape index (κ1) is 18.1. The number of hydrogen-bond donors (Lipinski definition) is 1. The van der Waals surface area contributed by atoms with E-state index in [0.29, 0.717) is 45.5 Å². The van der Waals surface area contributed by atoms with Gasteiger partial charge in [-0.1, -0.05) is 0 Å². The van der Waals surface area contributed by atoms with Gasteiger partial charge in [0.2, 0.25) is 0 Å². The van der Waals surface area contributed by atoms with Crippen molar-refractivity contribution in [2.45, 2.75) is 6.42 Å². The van der Waals surface area contributed by atoms with E-state index in [1.165, 1.54) is 0 Å². The van der Waals surface area contributed by atoms with Crippen LogP contribution in [0.25, 0.3) is 0 Å². The van der Waals surface area contributed by atoms with Crippen LogP contribution in [0.2, 0.25) is 0 Å². The SMILES string of the molecule is COCCOCCOCCNCCCOCCCl. The first-order valence-electron chi connectivity index (χ1n) is 6.40. The van der Waals surface area contributed by atoms with Gasteiger partial charge in [0.25, 0.3) is 0 Å². The zero-order valence-electron chi connectivity index (χ0n) is 11.3. The highest BCUT2D eigenvalue weighted by Crippen LogP contribution is 1.83. The molecule has 18 heavy (non-hydrogen) atoms. The Labute approximate surface area is 115 Å². The smallest absolute Gasteiger partial charge is 0.0701 e. The number of halogens is 1. The number of methoxy groups -OCH3 is 1. The molecule has 0 fully saturated rings. The zero-order valence-corrected chi connectivity index (χ0v) is 12.0. The molecule has 0 aromatic rings. The Hall–Kier alpha value is 0.0900. The molecule has 0 aromatic heterocycles. The topological polar surface area (TPSA) is 49.0 Å². The number of hydrogen-bond acceptors (Lipinski definition) is 5. The van der Waals surface area contributed by atoms with Crippen LogP contribution in [0.4, 0.5) is 0 Å². The van der Waals surface area contributed by atoms with Crippen LogP contribution in [0.3, 0.4) is 0 Å². The molecule has 0 atom stereocenters. The molecule has 110 valence electrons. The maximum Gasteiger partial charge on any atom is 0.0701 e. The average molecular weight is 284 g/mol. The molecule has 0 heterocycles. The minimum absolute atomic E-state index is 0.563. The van der Waals surface area contributed by atoms with Crippen molar-refractivity contribution in [1.82, 2.24) is 5.32 Å². The van der Waals surface area contributed by atoms with E-state index >= 15 is 0 Å². The first-order chi connectivity index (χ1) is 8.91. The summed E-state index contributed by atoms with van der Waals surface area (Å²) in [4.78, 5) is 0. The summed E-state index contributed by atoms with van der Waals surface area (Å²) >= 11 is 5.48. The Morgan fingerprint density at radius 3 is 2.17 bits per heavy atom. The molecule has 0 aliphatic heterocycles. The zero-order chi connectivity index (χ0) is 13.3. The van der Waals surface area contributed by atoms with E-state index in [1.807, 2.05) is 0 Å². The molecule has 0 bridgehead atoms. The fourth-order valence-corrected chi connectivity index (χ4v) is 1.30. The standard InChI is InChI=1S/C12H26ClNO4/c1-15-9-10-18-12-11-17-8-5-14-4-2-6-16-7-3-13/h14H,2-12H2,1H3. The summed E-state index contributed by atoms with van der Waals surface area (Å²) in [7, 11) is 1.66. The van der Waals surface area contributed by atoms with Gasteiger partial charge in [-0.25, -0.2) is 0 Å². The molecule has 0 spiro atoms. The molecule has 0 aliphatic rings. The van der Waals surface area contributed by atoms with Crippen molar-refractivity contribution in [2.24, 2.45) is 0 Å². The van der Waals surface area contributed by atoms with E-state index in [-0.39, 0.29) is 0 Å². The molecule has 0 rings (SSSR count). The van der Waals surface area contributed by atoms with Crippen molar-refractivity contribution < 1.29 is 18.9 Å². The van der Waals surface area contributed by atoms with Crippen LogP contribution in [-0.4, -0.2) is 72.3 Å². The van der Waals surface area contributed by atoms with E-state index in [9.17, 15) is 0 Å². The second-order valence-corrected chi connectivity index (χ2v) is 4.00. The minimum atomic E-state index is 0.563. The summed E-state index contributed by atoms with van der Waals surface area (Å²) in [5.74, 6) is 0.563. The molecule has 0 radical (unpaired) electrons. The Bertz CT molecular complexity index is 136. The van der Waals surface area contributed by atoms with Crippen LogP contribution in [0.1, 0.15) is 6.42 Å². The molecule has 0 unspecified atom stereocenters. The van der Waals surface area contributed by atoms with Crippen LogP contribution in [-0.2, 0) is 18.9 Å². The van der Waals surface area contributed by atoms with E-state index in [2.05, 4.69) is 5.32 Å². The van der Waals surface area contributed by atoms with Gasteiger partial charge in [0.1, 0.15) is 0 Å². The minimum Gasteiger partial charge on any atom is -0.382 e. The van der Waals surface area contributed by atoms with Gasteiger partial charge >= 0.3 is 0 Å². The summed E-state index contributed by atoms with van der Waals surface area (Å²) in [5.41, 5.74) is 0. The highest BCUT2D eigenvalue weighted by atomic mass is 35.5. The van der Waals surface area contributed by atoms with Gasteiger partial charge < -0.3 is 24.3 Å². The van der Waals surface area contributed by atoms with Crippen molar-refractivity contribution >= 4 is 11.6 Å². The van der Waals surface area contributed by atoms with Crippen LogP contribution in [0.5, 0.6) is 0 Å². The lowest BCUT2D eigenvalue weighted by Crippen LogP contribution is -2.22. The van der Waals surface area contributed by atoms with Crippen molar-refractivity contribution in [3.05, 3.63) is 0 Å². The first-order valence-corrected chi connectivity index (χ1v) is 6.94. The Morgan fingerprint density at radius 2 is 1.44 bits per heavy atom. The van der Waals surface area contributed by atoms with Gasteiger partial charge in [-0.2, -0.15) is 0 Å². The lowest BCUT2D eigenvalue weighted by Gasteiger charge is -2.07. The number of rotatable bonds is 15. The van der Waals surface area contributed by atoms with Crippen molar-refractivity contribution in [3.8, 4) is 0 Å². The van der Waals surface area contributed by atoms with Gasteiger partial charge in [-0.05, 0) is 13.0 Å². The van der Waals surface area contributed by atoms with E-state index in [0.717, 1.165) is 26.1 Å². The van der Waals surface area contributed by atoms with E-state index in [4.69, 9.17) is 30.5 Å². The number of alkyl halides is 1. The van der Waals surface area contributed by atoms with Crippen molar-refractivity contribution in [1.29, 1.82) is 0 Å². The highest BCUT2D eigenvalue weighted by Gasteiger charge is 1.91. The second-order valence-electron chi connectivity index (χ2n) is 3.62. The van der Waals surface area contributed by atoms with Gasteiger partial charge in [-0.15, -0.1) is 11.6 Å². The van der Waals surface area contributed by atoms with E-state index in [1.54, 1.807) is 7.11 Å². The van der Waals surface area contributed by atoms with Crippen LogP contribution < -0.4 is 5.32 Å². The Balaban J connectivity index is 2.86. The third kappa shape index (κ3) is 16.1. The molecule has 1 N–H and O–H groups in total. The lowest BCUT2D eigenvalue weighted by molar-refractivity contribution is 0.0255. The van der Waals surface area contributed by atoms with Gasteiger partial charge in [0.15, 0.2) is 0 Å². The lowest BCUT2D eigenvalue weighted by atomic mass is 10.4. The van der Waals surface area contributed by atoms with Crippen LogP contribution in [0.15, 0.2) is 0 Å². The highest BCUT2D eigenvalue weighted by molar-refractivity contribution is 6.17. The maximum atomic E-state index is 5.48. The van der Waals surface area contributed by atoms with Crippen molar-refractivity contribution in [2.75, 3.05) is 72.3 Å². The largest absolute Gasteiger partial charge is 0.382 e. The molecular formula is C12H26ClNO4. The predicted molar refractivity (Wildman–Crippen MR) is 72.5 cm³/mol. The van der Waals surface area contributed by atoms with Gasteiger partial charge in [0, 0.05) is 26.1 Å². The van der Waals surface area contributed by atoms with Crippen LogP contribution in [0, 0.1) is 0 Å². The van der Waals surface area contributed by atoms with Crippen molar-refractivity contribution in [3.63, 3.8) is 0 Å². The molecule has 0 saturated heterocycles. The molecular weight excluding hydrogens is 258 g/mol. The van der Waals surface area contributed by atoms with Crippen LogP contribution >= 0.6 is 11.6 Å². The molecule has 0 aromatic carbocycles. The van der Waals surface area contributed by atoms with E-state index < -0.39 is 0 Å². The second kappa shape index (κ2) is 17.1. The predicted octanol–water partition coefficient (Wildman–Crippen LogP) is 0.901. The maximum absolute atomic E-state index is 5.48. The third-order valence-electron chi connectivity index (χ3n) is 2.09. The fourth-order valence-electron chi connectivity index (χ4n) is 1.19. The Kier molecular flexibility index (Phi) is 17.2. The summed E-state index contributed by atoms with van der Waals surface area (Å²) in [6.45, 7) is 6.40. The molecule has 0 amide bonds. The molecule has 6 heteroatoms. The molecule has 5 nitrogen and oxygen atoms in total. The van der Waals surface area contributed by atoms with Gasteiger partial charge in [0.05, 0.1) is 39.6 Å². The Morgan fingerprint density at radius 1 is 0.778 bits per heavy atom. The monoisotopic (exact) mass is 283 g/mol. The number of nitrogens with one attached hydrogen (secondary N) is 1. The average Bonchev–Trinajstić information content (AvgIpc) is 2.39. The third-order valence-corrected chi connectivity index (χ3v) is 2.25. The summed E-state index contributed by atoms with van der Waals surface area (Å²) in [6, 6.07) is 0.